The number of hydrogen-bond donors (Lipinski definition) is 2. The van der Waals surface area contributed by atoms with Gasteiger partial charge in [0.15, 0.2) is 0 Å². The summed E-state index contributed by atoms with van der Waals surface area (Å²) < 4.78 is 0. The molecule has 17 heavy (non-hydrogen) atoms. The molecule has 0 fully saturated rings. The molecule has 0 unspecified atom stereocenters. The summed E-state index contributed by atoms with van der Waals surface area (Å²) in [4.78, 5) is 10.6. The van der Waals surface area contributed by atoms with Gasteiger partial charge in [-0.3, -0.25) is 0 Å². The Labute approximate surface area is 99.4 Å². The number of nitriles is 1. The van der Waals surface area contributed by atoms with E-state index in [-0.39, 0.29) is 12.2 Å². The molecule has 0 aromatic heterocycles. The molecule has 0 saturated carbocycles. The van der Waals surface area contributed by atoms with E-state index in [4.69, 9.17) is 15.5 Å². The second-order valence-electron chi connectivity index (χ2n) is 3.54. The SMILES string of the molecule is N#C/C(=C\c1ccc(CCCO)cc1)C(=O)O. The van der Waals surface area contributed by atoms with Gasteiger partial charge in [0.25, 0.3) is 0 Å². The van der Waals surface area contributed by atoms with Crippen molar-refractivity contribution in [2.24, 2.45) is 0 Å². The van der Waals surface area contributed by atoms with Crippen LogP contribution in [0.15, 0.2) is 29.8 Å². The van der Waals surface area contributed by atoms with Gasteiger partial charge in [0.05, 0.1) is 0 Å². The van der Waals surface area contributed by atoms with Gasteiger partial charge in [0.1, 0.15) is 11.6 Å². The molecular weight excluding hydrogens is 218 g/mol. The average molecular weight is 231 g/mol. The van der Waals surface area contributed by atoms with Gasteiger partial charge in [-0.25, -0.2) is 4.79 Å². The number of hydrogen-bond acceptors (Lipinski definition) is 3. The van der Waals surface area contributed by atoms with Crippen LogP contribution < -0.4 is 0 Å². The molecule has 1 aromatic rings. The zero-order chi connectivity index (χ0) is 12.7. The van der Waals surface area contributed by atoms with Crippen LogP contribution >= 0.6 is 0 Å². The van der Waals surface area contributed by atoms with Crippen LogP contribution in [0.4, 0.5) is 0 Å². The highest BCUT2D eigenvalue weighted by molar-refractivity contribution is 5.96. The molecule has 0 radical (unpaired) electrons. The first-order chi connectivity index (χ1) is 8.17. The van der Waals surface area contributed by atoms with E-state index in [2.05, 4.69) is 0 Å². The van der Waals surface area contributed by atoms with Crippen molar-refractivity contribution in [1.29, 1.82) is 5.26 Å². The Morgan fingerprint density at radius 3 is 2.47 bits per heavy atom. The molecule has 0 bridgehead atoms. The summed E-state index contributed by atoms with van der Waals surface area (Å²) >= 11 is 0. The molecule has 0 spiro atoms. The summed E-state index contributed by atoms with van der Waals surface area (Å²) in [5.41, 5.74) is 1.47. The molecule has 0 saturated heterocycles. The third kappa shape index (κ3) is 4.09. The number of aliphatic hydroxyl groups excluding tert-OH is 1. The predicted octanol–water partition coefficient (Wildman–Crippen LogP) is 1.60. The zero-order valence-corrected chi connectivity index (χ0v) is 9.26. The van der Waals surface area contributed by atoms with Crippen molar-refractivity contribution in [3.63, 3.8) is 0 Å². The van der Waals surface area contributed by atoms with Crippen molar-refractivity contribution < 1.29 is 15.0 Å². The van der Waals surface area contributed by atoms with Gasteiger partial charge in [-0.2, -0.15) is 5.26 Å². The molecule has 0 aliphatic heterocycles. The lowest BCUT2D eigenvalue weighted by molar-refractivity contribution is -0.132. The number of carboxylic acid groups (broad SMARTS) is 1. The maximum atomic E-state index is 10.6. The first kappa shape index (κ1) is 12.9. The summed E-state index contributed by atoms with van der Waals surface area (Å²) in [6, 6.07) is 8.86. The molecule has 2 N–H and O–H groups in total. The largest absolute Gasteiger partial charge is 0.477 e. The Morgan fingerprint density at radius 2 is 2.00 bits per heavy atom. The third-order valence-electron chi connectivity index (χ3n) is 2.27. The number of aryl methyl sites for hydroxylation is 1. The van der Waals surface area contributed by atoms with E-state index in [9.17, 15) is 4.79 Å². The van der Waals surface area contributed by atoms with E-state index in [0.717, 1.165) is 12.0 Å². The minimum Gasteiger partial charge on any atom is -0.477 e. The number of nitrogens with zero attached hydrogens (tertiary/aromatic N) is 1. The summed E-state index contributed by atoms with van der Waals surface area (Å²) in [5, 5.41) is 26.0. The quantitative estimate of drug-likeness (QED) is 0.595. The molecule has 0 aliphatic rings. The number of carbonyl (C=O) groups is 1. The van der Waals surface area contributed by atoms with E-state index in [1.54, 1.807) is 18.2 Å². The van der Waals surface area contributed by atoms with Crippen LogP contribution in [0.1, 0.15) is 17.5 Å². The minimum atomic E-state index is -1.23. The van der Waals surface area contributed by atoms with E-state index in [1.807, 2.05) is 12.1 Å². The molecule has 0 aliphatic carbocycles. The summed E-state index contributed by atoms with van der Waals surface area (Å²) in [7, 11) is 0. The molecule has 1 aromatic carbocycles. The van der Waals surface area contributed by atoms with Gasteiger partial charge >= 0.3 is 5.97 Å². The lowest BCUT2D eigenvalue weighted by atomic mass is 10.1. The Bertz CT molecular complexity index is 455. The number of aliphatic carboxylic acids is 1. The molecule has 0 heterocycles. The van der Waals surface area contributed by atoms with Gasteiger partial charge in [0.2, 0.25) is 0 Å². The van der Waals surface area contributed by atoms with Crippen molar-refractivity contribution in [3.8, 4) is 6.07 Å². The first-order valence-electron chi connectivity index (χ1n) is 5.22. The molecular formula is C13H13NO3. The van der Waals surface area contributed by atoms with E-state index >= 15 is 0 Å². The smallest absolute Gasteiger partial charge is 0.346 e. The van der Waals surface area contributed by atoms with E-state index in [1.165, 1.54) is 6.08 Å². The first-order valence-corrected chi connectivity index (χ1v) is 5.22. The van der Waals surface area contributed by atoms with E-state index in [0.29, 0.717) is 12.0 Å². The number of aliphatic hydroxyl groups is 1. The molecule has 0 amide bonds. The fourth-order valence-electron chi connectivity index (χ4n) is 1.37. The van der Waals surface area contributed by atoms with Crippen LogP contribution in [0, 0.1) is 11.3 Å². The predicted molar refractivity (Wildman–Crippen MR) is 63.1 cm³/mol. The average Bonchev–Trinajstić information content (AvgIpc) is 2.34. The molecule has 0 atom stereocenters. The second kappa shape index (κ2) is 6.46. The van der Waals surface area contributed by atoms with Crippen LogP contribution in [0.25, 0.3) is 6.08 Å². The molecule has 88 valence electrons. The molecule has 4 heteroatoms. The highest BCUT2D eigenvalue weighted by Gasteiger charge is 2.05. The van der Waals surface area contributed by atoms with Gasteiger partial charge in [0, 0.05) is 6.61 Å². The Balaban J connectivity index is 2.81. The van der Waals surface area contributed by atoms with Crippen LogP contribution in [-0.4, -0.2) is 22.8 Å². The van der Waals surface area contributed by atoms with Gasteiger partial charge in [-0.05, 0) is 30.0 Å². The van der Waals surface area contributed by atoms with Crippen LogP contribution in [0.2, 0.25) is 0 Å². The van der Waals surface area contributed by atoms with Gasteiger partial charge in [-0.15, -0.1) is 0 Å². The molecule has 1 rings (SSSR count). The third-order valence-corrected chi connectivity index (χ3v) is 2.27. The maximum Gasteiger partial charge on any atom is 0.346 e. The van der Waals surface area contributed by atoms with Crippen molar-refractivity contribution in [2.45, 2.75) is 12.8 Å². The standard InChI is InChI=1S/C13H13NO3/c14-9-12(13(16)17)8-11-5-3-10(4-6-11)2-1-7-15/h3-6,8,15H,1-2,7H2,(H,16,17)/b12-8+. The lowest BCUT2D eigenvalue weighted by Crippen LogP contribution is -1.97. The number of carboxylic acids is 1. The van der Waals surface area contributed by atoms with Crippen molar-refractivity contribution >= 4 is 12.0 Å². The topological polar surface area (TPSA) is 81.3 Å². The van der Waals surface area contributed by atoms with Crippen molar-refractivity contribution in [2.75, 3.05) is 6.61 Å². The highest BCUT2D eigenvalue weighted by atomic mass is 16.4. The Morgan fingerprint density at radius 1 is 1.35 bits per heavy atom. The van der Waals surface area contributed by atoms with E-state index < -0.39 is 5.97 Å². The Kier molecular flexibility index (Phi) is 4.92. The fraction of sp³-hybridized carbons (Fsp3) is 0.231. The van der Waals surface area contributed by atoms with Gasteiger partial charge < -0.3 is 10.2 Å². The second-order valence-corrected chi connectivity index (χ2v) is 3.54. The number of rotatable bonds is 5. The van der Waals surface area contributed by atoms with Crippen LogP contribution in [-0.2, 0) is 11.2 Å². The lowest BCUT2D eigenvalue weighted by Gasteiger charge is -2.00. The summed E-state index contributed by atoms with van der Waals surface area (Å²) in [5.74, 6) is -1.23. The van der Waals surface area contributed by atoms with Crippen molar-refractivity contribution in [3.05, 3.63) is 41.0 Å². The minimum absolute atomic E-state index is 0.152. The maximum absolute atomic E-state index is 10.6. The molecule has 4 nitrogen and oxygen atoms in total. The monoisotopic (exact) mass is 231 g/mol. The zero-order valence-electron chi connectivity index (χ0n) is 9.26. The Hall–Kier alpha value is -2.12. The highest BCUT2D eigenvalue weighted by Crippen LogP contribution is 2.10. The van der Waals surface area contributed by atoms with Crippen LogP contribution in [0.5, 0.6) is 0 Å². The summed E-state index contributed by atoms with van der Waals surface area (Å²) in [6.07, 6.45) is 2.82. The van der Waals surface area contributed by atoms with Crippen molar-refractivity contribution in [1.82, 2.24) is 0 Å². The van der Waals surface area contributed by atoms with Gasteiger partial charge in [-0.1, -0.05) is 24.3 Å². The fourth-order valence-corrected chi connectivity index (χ4v) is 1.37. The van der Waals surface area contributed by atoms with Crippen LogP contribution in [0.3, 0.4) is 0 Å². The summed E-state index contributed by atoms with van der Waals surface area (Å²) in [6.45, 7) is 0.152. The normalized spacial score (nSPS) is 10.9. The number of benzene rings is 1.